The van der Waals surface area contributed by atoms with Crippen molar-refractivity contribution in [2.75, 3.05) is 6.54 Å². The minimum absolute atomic E-state index is 0.0845. The SMILES string of the molecule is CC(O)CCNC(c1ccco1)c1nccn1C. The van der Waals surface area contributed by atoms with Crippen LogP contribution < -0.4 is 5.32 Å². The summed E-state index contributed by atoms with van der Waals surface area (Å²) in [6.45, 7) is 2.49. The molecule has 0 spiro atoms. The molecule has 2 heterocycles. The molecule has 0 radical (unpaired) electrons. The first-order chi connectivity index (χ1) is 8.68. The van der Waals surface area contributed by atoms with Crippen molar-refractivity contribution in [2.24, 2.45) is 7.05 Å². The highest BCUT2D eigenvalue weighted by Gasteiger charge is 2.20. The summed E-state index contributed by atoms with van der Waals surface area (Å²) in [5.41, 5.74) is 0. The first-order valence-electron chi connectivity index (χ1n) is 6.10. The molecule has 0 bridgehead atoms. The average Bonchev–Trinajstić information content (AvgIpc) is 2.96. The second-order valence-electron chi connectivity index (χ2n) is 4.44. The number of aliphatic hydroxyl groups is 1. The van der Waals surface area contributed by atoms with Gasteiger partial charge in [-0.05, 0) is 32.0 Å². The average molecular weight is 249 g/mol. The monoisotopic (exact) mass is 249 g/mol. The summed E-state index contributed by atoms with van der Waals surface area (Å²) in [6.07, 6.45) is 5.71. The molecular formula is C13H19N3O2. The summed E-state index contributed by atoms with van der Waals surface area (Å²) in [6, 6.07) is 3.70. The van der Waals surface area contributed by atoms with E-state index < -0.39 is 0 Å². The van der Waals surface area contributed by atoms with Gasteiger partial charge in [0.1, 0.15) is 17.6 Å². The number of nitrogens with one attached hydrogen (secondary N) is 1. The number of hydrogen-bond donors (Lipinski definition) is 2. The Morgan fingerprint density at radius 3 is 2.94 bits per heavy atom. The van der Waals surface area contributed by atoms with Gasteiger partial charge >= 0.3 is 0 Å². The summed E-state index contributed by atoms with van der Waals surface area (Å²) >= 11 is 0. The number of aromatic nitrogens is 2. The zero-order chi connectivity index (χ0) is 13.0. The number of aliphatic hydroxyl groups excluding tert-OH is 1. The van der Waals surface area contributed by atoms with E-state index in [0.717, 1.165) is 11.6 Å². The van der Waals surface area contributed by atoms with Crippen molar-refractivity contribution in [3.05, 3.63) is 42.4 Å². The van der Waals surface area contributed by atoms with Crippen LogP contribution in [0.1, 0.15) is 31.0 Å². The molecule has 2 unspecified atom stereocenters. The summed E-state index contributed by atoms with van der Waals surface area (Å²) in [5, 5.41) is 12.7. The number of rotatable bonds is 6. The molecule has 0 aliphatic heterocycles. The third-order valence-electron chi connectivity index (χ3n) is 2.85. The fourth-order valence-corrected chi connectivity index (χ4v) is 1.87. The minimum Gasteiger partial charge on any atom is -0.467 e. The van der Waals surface area contributed by atoms with E-state index in [9.17, 15) is 5.11 Å². The molecule has 0 fully saturated rings. The minimum atomic E-state index is -0.309. The molecule has 2 aromatic heterocycles. The first kappa shape index (κ1) is 12.9. The Labute approximate surface area is 106 Å². The van der Waals surface area contributed by atoms with Crippen LogP contribution in [0.5, 0.6) is 0 Å². The van der Waals surface area contributed by atoms with Gasteiger partial charge in [-0.25, -0.2) is 4.98 Å². The fraction of sp³-hybridized carbons (Fsp3) is 0.462. The van der Waals surface area contributed by atoms with Gasteiger partial charge in [-0.3, -0.25) is 0 Å². The van der Waals surface area contributed by atoms with E-state index >= 15 is 0 Å². The van der Waals surface area contributed by atoms with Gasteiger partial charge in [-0.1, -0.05) is 0 Å². The summed E-state index contributed by atoms with van der Waals surface area (Å²) in [5.74, 6) is 1.73. The van der Waals surface area contributed by atoms with Gasteiger partial charge in [0.25, 0.3) is 0 Å². The Morgan fingerprint density at radius 2 is 2.39 bits per heavy atom. The molecule has 98 valence electrons. The van der Waals surface area contributed by atoms with Gasteiger partial charge in [-0.2, -0.15) is 0 Å². The van der Waals surface area contributed by atoms with Gasteiger partial charge in [0.2, 0.25) is 0 Å². The lowest BCUT2D eigenvalue weighted by molar-refractivity contribution is 0.182. The predicted molar refractivity (Wildman–Crippen MR) is 68.1 cm³/mol. The van der Waals surface area contributed by atoms with Crippen molar-refractivity contribution >= 4 is 0 Å². The molecule has 5 heteroatoms. The maximum atomic E-state index is 9.30. The Bertz CT molecular complexity index is 462. The van der Waals surface area contributed by atoms with Crippen LogP contribution in [0, 0.1) is 0 Å². The van der Waals surface area contributed by atoms with Crippen molar-refractivity contribution in [2.45, 2.75) is 25.5 Å². The molecule has 18 heavy (non-hydrogen) atoms. The highest BCUT2D eigenvalue weighted by Crippen LogP contribution is 2.20. The highest BCUT2D eigenvalue weighted by molar-refractivity contribution is 5.15. The van der Waals surface area contributed by atoms with E-state index in [0.29, 0.717) is 13.0 Å². The van der Waals surface area contributed by atoms with Crippen LogP contribution in [0.25, 0.3) is 0 Å². The highest BCUT2D eigenvalue weighted by atomic mass is 16.3. The van der Waals surface area contributed by atoms with Crippen LogP contribution in [0.4, 0.5) is 0 Å². The van der Waals surface area contributed by atoms with Gasteiger partial charge < -0.3 is 19.4 Å². The maximum Gasteiger partial charge on any atom is 0.133 e. The van der Waals surface area contributed by atoms with Crippen molar-refractivity contribution in [1.82, 2.24) is 14.9 Å². The Morgan fingerprint density at radius 1 is 1.56 bits per heavy atom. The summed E-state index contributed by atoms with van der Waals surface area (Å²) in [4.78, 5) is 4.35. The van der Waals surface area contributed by atoms with Crippen molar-refractivity contribution in [3.8, 4) is 0 Å². The van der Waals surface area contributed by atoms with Crippen molar-refractivity contribution in [1.29, 1.82) is 0 Å². The molecule has 0 aliphatic carbocycles. The van der Waals surface area contributed by atoms with Crippen LogP contribution in [0.15, 0.2) is 35.2 Å². The van der Waals surface area contributed by atoms with Gasteiger partial charge in [0, 0.05) is 19.4 Å². The van der Waals surface area contributed by atoms with E-state index in [1.807, 2.05) is 29.9 Å². The van der Waals surface area contributed by atoms with Crippen molar-refractivity contribution in [3.63, 3.8) is 0 Å². The number of furan rings is 1. The molecule has 2 N–H and O–H groups in total. The zero-order valence-electron chi connectivity index (χ0n) is 10.7. The van der Waals surface area contributed by atoms with E-state index in [1.54, 1.807) is 19.4 Å². The third kappa shape index (κ3) is 3.00. The topological polar surface area (TPSA) is 63.2 Å². The molecule has 2 aromatic rings. The zero-order valence-corrected chi connectivity index (χ0v) is 10.7. The second kappa shape index (κ2) is 5.84. The lowest BCUT2D eigenvalue weighted by atomic mass is 10.2. The molecule has 0 saturated carbocycles. The maximum absolute atomic E-state index is 9.30. The van der Waals surface area contributed by atoms with Crippen LogP contribution in [-0.2, 0) is 7.05 Å². The second-order valence-corrected chi connectivity index (χ2v) is 4.44. The molecule has 0 aliphatic rings. The van der Waals surface area contributed by atoms with E-state index in [-0.39, 0.29) is 12.1 Å². The largest absolute Gasteiger partial charge is 0.467 e. The Kier molecular flexibility index (Phi) is 4.17. The van der Waals surface area contributed by atoms with Crippen LogP contribution in [-0.4, -0.2) is 27.3 Å². The lowest BCUT2D eigenvalue weighted by Gasteiger charge is -2.17. The summed E-state index contributed by atoms with van der Waals surface area (Å²) < 4.78 is 7.41. The molecule has 2 rings (SSSR count). The Balaban J connectivity index is 2.12. The smallest absolute Gasteiger partial charge is 0.133 e. The Hall–Kier alpha value is -1.59. The van der Waals surface area contributed by atoms with E-state index in [2.05, 4.69) is 10.3 Å². The molecule has 2 atom stereocenters. The first-order valence-corrected chi connectivity index (χ1v) is 6.10. The number of aryl methyl sites for hydroxylation is 1. The number of imidazole rings is 1. The third-order valence-corrected chi connectivity index (χ3v) is 2.85. The standard InChI is InChI=1S/C13H19N3O2/c1-10(17)5-6-14-12(11-4-3-9-18-11)13-15-7-8-16(13)2/h3-4,7-10,12,14,17H,5-6H2,1-2H3. The fourth-order valence-electron chi connectivity index (χ4n) is 1.87. The van der Waals surface area contributed by atoms with Crippen LogP contribution >= 0.6 is 0 Å². The van der Waals surface area contributed by atoms with Crippen LogP contribution in [0.3, 0.4) is 0 Å². The van der Waals surface area contributed by atoms with E-state index in [1.165, 1.54) is 0 Å². The number of hydrogen-bond acceptors (Lipinski definition) is 4. The summed E-state index contributed by atoms with van der Waals surface area (Å²) in [7, 11) is 1.95. The predicted octanol–water partition coefficient (Wildman–Crippen LogP) is 1.46. The molecule has 0 saturated heterocycles. The molecule has 0 aromatic carbocycles. The molecule has 5 nitrogen and oxygen atoms in total. The number of nitrogens with zero attached hydrogens (tertiary/aromatic N) is 2. The van der Waals surface area contributed by atoms with Gasteiger partial charge in [-0.15, -0.1) is 0 Å². The quantitative estimate of drug-likeness (QED) is 0.813. The molecule has 0 amide bonds. The normalized spacial score (nSPS) is 14.6. The van der Waals surface area contributed by atoms with Crippen molar-refractivity contribution < 1.29 is 9.52 Å². The van der Waals surface area contributed by atoms with Gasteiger partial charge in [0.05, 0.1) is 12.4 Å². The molecular weight excluding hydrogens is 230 g/mol. The van der Waals surface area contributed by atoms with Crippen LogP contribution in [0.2, 0.25) is 0 Å². The van der Waals surface area contributed by atoms with E-state index in [4.69, 9.17) is 4.42 Å². The lowest BCUT2D eigenvalue weighted by Crippen LogP contribution is -2.27. The van der Waals surface area contributed by atoms with Gasteiger partial charge in [0.15, 0.2) is 0 Å².